The highest BCUT2D eigenvalue weighted by Crippen LogP contribution is 2.26. The van der Waals surface area contributed by atoms with Crippen molar-refractivity contribution in [2.45, 2.75) is 25.6 Å². The van der Waals surface area contributed by atoms with Gasteiger partial charge in [-0.2, -0.15) is 0 Å². The van der Waals surface area contributed by atoms with Gasteiger partial charge in [0.25, 0.3) is 11.5 Å². The highest BCUT2D eigenvalue weighted by molar-refractivity contribution is 7.18. The number of rotatable bonds is 6. The van der Waals surface area contributed by atoms with Crippen molar-refractivity contribution >= 4 is 34.6 Å². The number of carbonyl (C=O) groups excluding carboxylic acids is 1. The molecule has 3 heterocycles. The van der Waals surface area contributed by atoms with Crippen molar-refractivity contribution < 1.29 is 9.63 Å². The van der Waals surface area contributed by atoms with Crippen LogP contribution in [0.15, 0.2) is 70.7 Å². The molecule has 1 aromatic carbocycles. The van der Waals surface area contributed by atoms with Gasteiger partial charge < -0.3 is 14.7 Å². The lowest BCUT2D eigenvalue weighted by Gasteiger charge is -2.10. The molecule has 0 aliphatic carbocycles. The van der Waals surface area contributed by atoms with Crippen LogP contribution in [0.1, 0.15) is 22.4 Å². The Morgan fingerprint density at radius 1 is 1.17 bits per heavy atom. The number of nitrogens with zero attached hydrogens (tertiary/aromatic N) is 2. The van der Waals surface area contributed by atoms with E-state index in [0.717, 1.165) is 21.7 Å². The molecule has 4 rings (SSSR count). The molecule has 0 radical (unpaired) electrons. The number of nitrogens with one attached hydrogen (secondary N) is 1. The molecule has 2 aromatic heterocycles. The second-order valence-electron chi connectivity index (χ2n) is 6.64. The first-order valence-corrected chi connectivity index (χ1v) is 10.3. The molecule has 148 valence electrons. The summed E-state index contributed by atoms with van der Waals surface area (Å²) in [7, 11) is 0. The predicted molar refractivity (Wildman–Crippen MR) is 113 cm³/mol. The van der Waals surface area contributed by atoms with E-state index in [4.69, 9.17) is 16.4 Å². The molecule has 0 spiro atoms. The molecule has 8 heteroatoms. The molecule has 1 aliphatic heterocycles. The van der Waals surface area contributed by atoms with Crippen LogP contribution in [-0.2, 0) is 22.7 Å². The van der Waals surface area contributed by atoms with Gasteiger partial charge in [-0.25, -0.2) is 0 Å². The summed E-state index contributed by atoms with van der Waals surface area (Å²) in [6, 6.07) is 16.6. The van der Waals surface area contributed by atoms with Crippen LogP contribution in [0.2, 0.25) is 4.34 Å². The number of carbonyl (C=O) groups is 1. The van der Waals surface area contributed by atoms with Gasteiger partial charge in [-0.05, 0) is 29.3 Å². The van der Waals surface area contributed by atoms with Crippen molar-refractivity contribution in [3.05, 3.63) is 91.5 Å². The van der Waals surface area contributed by atoms with E-state index in [2.05, 4.69) is 10.5 Å². The maximum Gasteiger partial charge on any atom is 0.264 e. The largest absolute Gasteiger partial charge is 0.382 e. The molecule has 1 unspecified atom stereocenters. The van der Waals surface area contributed by atoms with Crippen LogP contribution >= 0.6 is 22.9 Å². The number of oxime groups is 1. The standard InChI is InChI=1S/C21H18ClN3O3S/c22-19-9-8-18(29-19)16-11-17(28-24-16)21(27)23-12-14-4-6-15(7-5-14)13-25-10-2-1-3-20(25)26/h1-10,17H,11-13H2,(H,23,27). The monoisotopic (exact) mass is 427 g/mol. The Labute approximate surface area is 176 Å². The third kappa shape index (κ3) is 4.75. The molecule has 0 saturated heterocycles. The number of halogens is 1. The van der Waals surface area contributed by atoms with Gasteiger partial charge in [-0.1, -0.05) is 47.1 Å². The number of pyridine rings is 1. The minimum absolute atomic E-state index is 0.0354. The third-order valence-electron chi connectivity index (χ3n) is 4.56. The quantitative estimate of drug-likeness (QED) is 0.655. The molecule has 0 saturated carbocycles. The fraction of sp³-hybridized carbons (Fsp3) is 0.190. The molecule has 6 nitrogen and oxygen atoms in total. The average molecular weight is 428 g/mol. The van der Waals surface area contributed by atoms with Crippen molar-refractivity contribution in [1.82, 2.24) is 9.88 Å². The highest BCUT2D eigenvalue weighted by Gasteiger charge is 2.29. The van der Waals surface area contributed by atoms with Crippen LogP contribution in [0.25, 0.3) is 0 Å². The summed E-state index contributed by atoms with van der Waals surface area (Å²) >= 11 is 7.36. The van der Waals surface area contributed by atoms with Gasteiger partial charge in [0.1, 0.15) is 5.71 Å². The molecule has 1 amide bonds. The number of hydrogen-bond acceptors (Lipinski definition) is 5. The number of hydrogen-bond donors (Lipinski definition) is 1. The lowest BCUT2D eigenvalue weighted by Crippen LogP contribution is -2.34. The summed E-state index contributed by atoms with van der Waals surface area (Å²) in [6.07, 6.45) is 1.56. The Hall–Kier alpha value is -2.90. The van der Waals surface area contributed by atoms with Gasteiger partial charge in [0.15, 0.2) is 0 Å². The van der Waals surface area contributed by atoms with Crippen LogP contribution in [0, 0.1) is 0 Å². The average Bonchev–Trinajstić information content (AvgIpc) is 3.38. The molecule has 3 aromatic rings. The van der Waals surface area contributed by atoms with E-state index in [1.165, 1.54) is 17.4 Å². The van der Waals surface area contributed by atoms with E-state index in [0.29, 0.717) is 23.8 Å². The van der Waals surface area contributed by atoms with E-state index in [1.807, 2.05) is 36.4 Å². The maximum absolute atomic E-state index is 12.4. The maximum atomic E-state index is 12.4. The van der Waals surface area contributed by atoms with E-state index in [9.17, 15) is 9.59 Å². The summed E-state index contributed by atoms with van der Waals surface area (Å²) < 4.78 is 2.32. The third-order valence-corrected chi connectivity index (χ3v) is 5.84. The van der Waals surface area contributed by atoms with Gasteiger partial charge in [0.2, 0.25) is 6.10 Å². The zero-order valence-electron chi connectivity index (χ0n) is 15.4. The number of aromatic nitrogens is 1. The first-order chi connectivity index (χ1) is 14.1. The first-order valence-electron chi connectivity index (χ1n) is 9.08. The van der Waals surface area contributed by atoms with Gasteiger partial charge in [-0.15, -0.1) is 11.3 Å². The summed E-state index contributed by atoms with van der Waals surface area (Å²) in [4.78, 5) is 30.4. The van der Waals surface area contributed by atoms with Gasteiger partial charge in [-0.3, -0.25) is 9.59 Å². The minimum atomic E-state index is -0.630. The second-order valence-corrected chi connectivity index (χ2v) is 8.36. The summed E-state index contributed by atoms with van der Waals surface area (Å²) in [5.74, 6) is -0.202. The topological polar surface area (TPSA) is 72.7 Å². The van der Waals surface area contributed by atoms with Crippen LogP contribution < -0.4 is 10.9 Å². The number of thiophene rings is 1. The normalized spacial score (nSPS) is 15.6. The van der Waals surface area contributed by atoms with Crippen molar-refractivity contribution in [3.8, 4) is 0 Å². The van der Waals surface area contributed by atoms with E-state index in [1.54, 1.807) is 22.9 Å². The zero-order chi connectivity index (χ0) is 20.2. The predicted octanol–water partition coefficient (Wildman–Crippen LogP) is 3.42. The molecule has 0 fully saturated rings. The Kier molecular flexibility index (Phi) is 5.78. The van der Waals surface area contributed by atoms with E-state index < -0.39 is 6.10 Å². The van der Waals surface area contributed by atoms with Crippen molar-refractivity contribution in [2.24, 2.45) is 5.16 Å². The fourth-order valence-electron chi connectivity index (χ4n) is 2.99. The highest BCUT2D eigenvalue weighted by atomic mass is 35.5. The van der Waals surface area contributed by atoms with Crippen LogP contribution in [0.5, 0.6) is 0 Å². The smallest absolute Gasteiger partial charge is 0.264 e. The van der Waals surface area contributed by atoms with Crippen molar-refractivity contribution in [3.63, 3.8) is 0 Å². The molecule has 0 bridgehead atoms. The Morgan fingerprint density at radius 2 is 1.97 bits per heavy atom. The Bertz CT molecular complexity index is 1100. The number of amides is 1. The molecule has 1 aliphatic rings. The van der Waals surface area contributed by atoms with Gasteiger partial charge >= 0.3 is 0 Å². The zero-order valence-corrected chi connectivity index (χ0v) is 16.9. The fourth-order valence-corrected chi connectivity index (χ4v) is 4.02. The minimum Gasteiger partial charge on any atom is -0.382 e. The van der Waals surface area contributed by atoms with Gasteiger partial charge in [0.05, 0.1) is 15.8 Å². The molecule has 1 atom stereocenters. The van der Waals surface area contributed by atoms with Crippen molar-refractivity contribution in [2.75, 3.05) is 0 Å². The first kappa shape index (κ1) is 19.4. The SMILES string of the molecule is O=C(NCc1ccc(Cn2ccccc2=O)cc1)C1CC(c2ccc(Cl)s2)=NO1. The van der Waals surface area contributed by atoms with E-state index >= 15 is 0 Å². The van der Waals surface area contributed by atoms with E-state index in [-0.39, 0.29) is 11.5 Å². The summed E-state index contributed by atoms with van der Waals surface area (Å²) in [5.41, 5.74) is 2.68. The second kappa shape index (κ2) is 8.63. The molecule has 29 heavy (non-hydrogen) atoms. The molecular weight excluding hydrogens is 410 g/mol. The lowest BCUT2D eigenvalue weighted by atomic mass is 10.1. The van der Waals surface area contributed by atoms with Gasteiger partial charge in [0, 0.05) is 25.2 Å². The summed E-state index contributed by atoms with van der Waals surface area (Å²) in [5, 5.41) is 6.90. The summed E-state index contributed by atoms with van der Waals surface area (Å²) in [6.45, 7) is 0.902. The molecular formula is C21H18ClN3O3S. The van der Waals surface area contributed by atoms with Crippen LogP contribution in [0.3, 0.4) is 0 Å². The number of benzene rings is 1. The Balaban J connectivity index is 1.29. The Morgan fingerprint density at radius 3 is 2.69 bits per heavy atom. The van der Waals surface area contributed by atoms with Crippen LogP contribution in [0.4, 0.5) is 0 Å². The lowest BCUT2D eigenvalue weighted by molar-refractivity contribution is -0.131. The molecule has 1 N–H and O–H groups in total. The van der Waals surface area contributed by atoms with Crippen molar-refractivity contribution in [1.29, 1.82) is 0 Å². The van der Waals surface area contributed by atoms with Crippen LogP contribution in [-0.4, -0.2) is 22.3 Å².